The Balaban J connectivity index is 3.09. The monoisotopic (exact) mass is 216 g/mol. The molecule has 1 aromatic rings. The van der Waals surface area contributed by atoms with Gasteiger partial charge in [-0.25, -0.2) is 9.97 Å². The summed E-state index contributed by atoms with van der Waals surface area (Å²) in [5.74, 6) is 0. The summed E-state index contributed by atoms with van der Waals surface area (Å²) < 4.78 is 0.444. The highest BCUT2D eigenvalue weighted by Gasteiger charge is 2.14. The number of halogens is 1. The Bertz CT molecular complexity index is 269. The first-order chi connectivity index (χ1) is 5.11. The van der Waals surface area contributed by atoms with Gasteiger partial charge in [0.2, 0.25) is 0 Å². The maximum Gasteiger partial charge on any atom is 0.491 e. The Labute approximate surface area is 72.6 Å². The lowest BCUT2D eigenvalue weighted by atomic mass is 9.80. The zero-order chi connectivity index (χ0) is 8.43. The lowest BCUT2D eigenvalue weighted by Crippen LogP contribution is -2.33. The molecule has 0 amide bonds. The van der Waals surface area contributed by atoms with Crippen molar-refractivity contribution in [2.45, 2.75) is 6.92 Å². The van der Waals surface area contributed by atoms with Crippen molar-refractivity contribution in [2.75, 3.05) is 0 Å². The number of nitrogens with zero attached hydrogens (tertiary/aromatic N) is 2. The quantitative estimate of drug-likeness (QED) is 0.478. The first kappa shape index (κ1) is 8.64. The van der Waals surface area contributed by atoms with Gasteiger partial charge >= 0.3 is 7.12 Å². The Morgan fingerprint density at radius 1 is 1.55 bits per heavy atom. The van der Waals surface area contributed by atoms with E-state index in [4.69, 9.17) is 10.0 Å². The van der Waals surface area contributed by atoms with E-state index in [0.29, 0.717) is 15.9 Å². The van der Waals surface area contributed by atoms with E-state index in [1.54, 1.807) is 6.92 Å². The first-order valence-electron chi connectivity index (χ1n) is 2.96. The van der Waals surface area contributed by atoms with Gasteiger partial charge in [-0.05, 0) is 22.9 Å². The molecule has 1 rings (SSSR count). The minimum absolute atomic E-state index is 0.327. The summed E-state index contributed by atoms with van der Waals surface area (Å²) in [5.41, 5.74) is 0.884. The summed E-state index contributed by atoms with van der Waals surface area (Å²) in [6.45, 7) is 1.68. The minimum Gasteiger partial charge on any atom is -0.423 e. The second-order valence-electron chi connectivity index (χ2n) is 2.05. The summed E-state index contributed by atoms with van der Waals surface area (Å²) in [6.07, 6.45) is 1.37. The van der Waals surface area contributed by atoms with E-state index in [9.17, 15) is 0 Å². The molecule has 0 aliphatic rings. The van der Waals surface area contributed by atoms with Gasteiger partial charge < -0.3 is 10.0 Å². The van der Waals surface area contributed by atoms with Gasteiger partial charge in [-0.15, -0.1) is 0 Å². The van der Waals surface area contributed by atoms with Crippen molar-refractivity contribution in [2.24, 2.45) is 0 Å². The van der Waals surface area contributed by atoms with Crippen molar-refractivity contribution in [3.8, 4) is 0 Å². The largest absolute Gasteiger partial charge is 0.491 e. The van der Waals surface area contributed by atoms with Gasteiger partial charge in [-0.3, -0.25) is 0 Å². The van der Waals surface area contributed by atoms with Crippen LogP contribution in [0.1, 0.15) is 5.69 Å². The van der Waals surface area contributed by atoms with E-state index >= 15 is 0 Å². The van der Waals surface area contributed by atoms with E-state index in [-0.39, 0.29) is 0 Å². The minimum atomic E-state index is -1.50. The lowest BCUT2D eigenvalue weighted by molar-refractivity contribution is 0.425. The zero-order valence-electron chi connectivity index (χ0n) is 5.82. The van der Waals surface area contributed by atoms with Gasteiger partial charge in [-0.1, -0.05) is 0 Å². The zero-order valence-corrected chi connectivity index (χ0v) is 7.41. The molecule has 4 nitrogen and oxygen atoms in total. The molecule has 0 unspecified atom stereocenters. The molecule has 0 aliphatic carbocycles. The van der Waals surface area contributed by atoms with Crippen molar-refractivity contribution < 1.29 is 10.0 Å². The molecular formula is C5H6BBrN2O2. The molecule has 0 fully saturated rings. The fraction of sp³-hybridized carbons (Fsp3) is 0.200. The molecule has 1 aromatic heterocycles. The van der Waals surface area contributed by atoms with Crippen LogP contribution in [0, 0.1) is 6.92 Å². The van der Waals surface area contributed by atoms with Crippen LogP contribution in [-0.2, 0) is 0 Å². The number of hydrogen-bond donors (Lipinski definition) is 2. The van der Waals surface area contributed by atoms with Crippen LogP contribution in [0.3, 0.4) is 0 Å². The number of aryl methyl sites for hydroxylation is 1. The topological polar surface area (TPSA) is 66.2 Å². The van der Waals surface area contributed by atoms with Gasteiger partial charge in [0.25, 0.3) is 0 Å². The molecule has 0 saturated heterocycles. The highest BCUT2D eigenvalue weighted by molar-refractivity contribution is 9.10. The van der Waals surface area contributed by atoms with Crippen molar-refractivity contribution in [1.29, 1.82) is 0 Å². The summed E-state index contributed by atoms with van der Waals surface area (Å²) >= 11 is 3.06. The van der Waals surface area contributed by atoms with Crippen LogP contribution in [0.2, 0.25) is 0 Å². The third kappa shape index (κ3) is 1.98. The van der Waals surface area contributed by atoms with Gasteiger partial charge in [0.15, 0.2) is 4.73 Å². The molecule has 0 aliphatic heterocycles. The predicted octanol–water partition coefficient (Wildman–Crippen LogP) is -0.773. The standard InChI is InChI=1S/C5H6BBrN2O2/c1-3-4(6(10)11)2-8-5(7)9-3/h2,10-11H,1H3. The SMILES string of the molecule is Cc1nc(Br)ncc1B(O)O. The van der Waals surface area contributed by atoms with E-state index in [1.807, 2.05) is 0 Å². The highest BCUT2D eigenvalue weighted by atomic mass is 79.9. The molecule has 1 heterocycles. The van der Waals surface area contributed by atoms with Crippen LogP contribution >= 0.6 is 15.9 Å². The second kappa shape index (κ2) is 3.29. The Hall–Kier alpha value is -0.455. The second-order valence-corrected chi connectivity index (χ2v) is 2.76. The smallest absolute Gasteiger partial charge is 0.423 e. The van der Waals surface area contributed by atoms with E-state index < -0.39 is 7.12 Å². The fourth-order valence-electron chi connectivity index (χ4n) is 0.702. The Kier molecular flexibility index (Phi) is 2.59. The normalized spacial score (nSPS) is 9.82. The van der Waals surface area contributed by atoms with Crippen molar-refractivity contribution in [1.82, 2.24) is 9.97 Å². The Morgan fingerprint density at radius 2 is 2.18 bits per heavy atom. The molecule has 0 radical (unpaired) electrons. The third-order valence-electron chi connectivity index (χ3n) is 1.27. The van der Waals surface area contributed by atoms with E-state index in [2.05, 4.69) is 25.9 Å². The van der Waals surface area contributed by atoms with Crippen LogP contribution in [0.5, 0.6) is 0 Å². The third-order valence-corrected chi connectivity index (χ3v) is 1.65. The van der Waals surface area contributed by atoms with Crippen molar-refractivity contribution >= 4 is 28.5 Å². The van der Waals surface area contributed by atoms with Crippen LogP contribution in [-0.4, -0.2) is 27.1 Å². The maximum atomic E-state index is 8.76. The summed E-state index contributed by atoms with van der Waals surface area (Å²) in [7, 11) is -1.50. The summed E-state index contributed by atoms with van der Waals surface area (Å²) in [4.78, 5) is 7.63. The van der Waals surface area contributed by atoms with Gasteiger partial charge in [0.1, 0.15) is 0 Å². The van der Waals surface area contributed by atoms with E-state index in [0.717, 1.165) is 0 Å². The summed E-state index contributed by atoms with van der Waals surface area (Å²) in [5, 5.41) is 17.5. The highest BCUT2D eigenvalue weighted by Crippen LogP contribution is 1.99. The summed E-state index contributed by atoms with van der Waals surface area (Å²) in [6, 6.07) is 0. The molecule has 0 saturated carbocycles. The van der Waals surface area contributed by atoms with E-state index in [1.165, 1.54) is 6.20 Å². The molecule has 2 N–H and O–H groups in total. The van der Waals surface area contributed by atoms with Crippen LogP contribution < -0.4 is 5.46 Å². The number of hydrogen-bond acceptors (Lipinski definition) is 4. The van der Waals surface area contributed by atoms with Gasteiger partial charge in [0.05, 0.1) is 0 Å². The molecule has 0 atom stereocenters. The Morgan fingerprint density at radius 3 is 2.64 bits per heavy atom. The first-order valence-corrected chi connectivity index (χ1v) is 3.75. The maximum absolute atomic E-state index is 8.76. The fourth-order valence-corrected chi connectivity index (χ4v) is 1.07. The van der Waals surface area contributed by atoms with Crippen molar-refractivity contribution in [3.63, 3.8) is 0 Å². The molecule has 6 heteroatoms. The molecular weight excluding hydrogens is 211 g/mol. The lowest BCUT2D eigenvalue weighted by Gasteiger charge is -2.01. The van der Waals surface area contributed by atoms with Crippen LogP contribution in [0.15, 0.2) is 10.9 Å². The molecule has 11 heavy (non-hydrogen) atoms. The number of rotatable bonds is 1. The molecule has 0 bridgehead atoms. The number of aromatic nitrogens is 2. The molecule has 0 spiro atoms. The van der Waals surface area contributed by atoms with Crippen molar-refractivity contribution in [3.05, 3.63) is 16.6 Å². The predicted molar refractivity (Wildman–Crippen MR) is 44.3 cm³/mol. The van der Waals surface area contributed by atoms with Gasteiger partial charge in [-0.2, -0.15) is 0 Å². The van der Waals surface area contributed by atoms with Crippen LogP contribution in [0.25, 0.3) is 0 Å². The molecule has 58 valence electrons. The van der Waals surface area contributed by atoms with Crippen LogP contribution in [0.4, 0.5) is 0 Å². The van der Waals surface area contributed by atoms with Gasteiger partial charge in [0, 0.05) is 17.4 Å². The molecule has 0 aromatic carbocycles. The average molecular weight is 217 g/mol. The average Bonchev–Trinajstić information content (AvgIpc) is 1.85.